The number of nitrogens with zero attached hydrogens (tertiary/aromatic N) is 3. The molecule has 4 aromatic rings. The molecule has 6 rings (SSSR count). The van der Waals surface area contributed by atoms with Crippen LogP contribution in [0.5, 0.6) is 23.0 Å². The Hall–Kier alpha value is -5.22. The smallest absolute Gasteiger partial charge is 0.186 e. The second-order valence-electron chi connectivity index (χ2n) is 11.3. The van der Waals surface area contributed by atoms with Crippen molar-refractivity contribution in [3.63, 3.8) is 0 Å². The summed E-state index contributed by atoms with van der Waals surface area (Å²) in [6.07, 6.45) is 7.53. The Kier molecular flexibility index (Phi) is 9.54. The number of ether oxygens (including phenoxy) is 4. The number of likely N-dealkylation sites (tertiary alicyclic amines) is 1. The molecule has 0 atom stereocenters. The molecule has 2 aliphatic rings. The average molecular weight is 621 g/mol. The maximum atomic E-state index is 12.9. The normalized spacial score (nSPS) is 15.5. The molecule has 0 unspecified atom stereocenters. The highest BCUT2D eigenvalue weighted by Crippen LogP contribution is 2.37. The number of fused-ring (bicyclic) bond motifs is 1. The van der Waals surface area contributed by atoms with Gasteiger partial charge in [-0.25, -0.2) is 9.97 Å². The zero-order chi connectivity index (χ0) is 31.9. The first kappa shape index (κ1) is 30.8. The first-order chi connectivity index (χ1) is 22.5. The second-order valence-corrected chi connectivity index (χ2v) is 11.3. The van der Waals surface area contributed by atoms with Gasteiger partial charge >= 0.3 is 0 Å². The van der Waals surface area contributed by atoms with E-state index >= 15 is 0 Å². The topological polar surface area (TPSA) is 112 Å². The molecule has 3 aromatic carbocycles. The minimum Gasteiger partial charge on any atom is -0.493 e. The summed E-state index contributed by atoms with van der Waals surface area (Å²) in [5.41, 5.74) is 1.99. The van der Waals surface area contributed by atoms with E-state index < -0.39 is 0 Å². The molecule has 1 aliphatic heterocycles. The van der Waals surface area contributed by atoms with Gasteiger partial charge in [0.2, 0.25) is 0 Å². The van der Waals surface area contributed by atoms with Gasteiger partial charge in [0, 0.05) is 28.3 Å². The van der Waals surface area contributed by atoms with Crippen molar-refractivity contribution in [2.45, 2.75) is 12.8 Å². The van der Waals surface area contributed by atoms with Crippen LogP contribution in [0, 0.1) is 5.92 Å². The molecule has 10 heteroatoms. The Morgan fingerprint density at radius 1 is 0.870 bits per heavy atom. The van der Waals surface area contributed by atoms with Gasteiger partial charge in [-0.05, 0) is 93.5 Å². The number of hydrogen-bond donors (Lipinski definition) is 1. The van der Waals surface area contributed by atoms with Crippen LogP contribution in [0.15, 0.2) is 85.2 Å². The van der Waals surface area contributed by atoms with E-state index in [2.05, 4.69) is 27.2 Å². The molecule has 1 N–H and O–H groups in total. The summed E-state index contributed by atoms with van der Waals surface area (Å²) in [6.45, 7) is 3.36. The summed E-state index contributed by atoms with van der Waals surface area (Å²) in [5, 5.41) is 4.07. The lowest BCUT2D eigenvalue weighted by Gasteiger charge is -2.28. The van der Waals surface area contributed by atoms with E-state index in [-0.39, 0.29) is 23.7 Å². The highest BCUT2D eigenvalue weighted by Gasteiger charge is 2.22. The van der Waals surface area contributed by atoms with E-state index in [1.807, 2.05) is 42.5 Å². The zero-order valence-corrected chi connectivity index (χ0v) is 25.9. The number of anilines is 2. The number of hydrogen-bond acceptors (Lipinski definition) is 10. The average Bonchev–Trinajstić information content (AvgIpc) is 3.08. The third-order valence-corrected chi connectivity index (χ3v) is 8.08. The maximum Gasteiger partial charge on any atom is 0.186 e. The third-order valence-electron chi connectivity index (χ3n) is 8.08. The van der Waals surface area contributed by atoms with Crippen LogP contribution in [0.25, 0.3) is 16.5 Å². The lowest BCUT2D eigenvalue weighted by molar-refractivity contribution is -0.113. The molecule has 2 heterocycles. The van der Waals surface area contributed by atoms with Crippen molar-refractivity contribution in [2.24, 2.45) is 5.92 Å². The summed E-state index contributed by atoms with van der Waals surface area (Å²) in [4.78, 5) is 36.6. The molecule has 0 bridgehead atoms. The van der Waals surface area contributed by atoms with Gasteiger partial charge in [0.15, 0.2) is 23.1 Å². The summed E-state index contributed by atoms with van der Waals surface area (Å²) < 4.78 is 23.6. The zero-order valence-electron chi connectivity index (χ0n) is 25.9. The first-order valence-corrected chi connectivity index (χ1v) is 15.3. The molecule has 236 valence electrons. The van der Waals surface area contributed by atoms with Crippen LogP contribution in [-0.4, -0.2) is 73.5 Å². The Labute approximate surface area is 267 Å². The van der Waals surface area contributed by atoms with Crippen molar-refractivity contribution in [3.8, 4) is 23.0 Å². The number of rotatable bonds is 12. The Morgan fingerprint density at radius 3 is 2.43 bits per heavy atom. The van der Waals surface area contributed by atoms with Gasteiger partial charge in [-0.15, -0.1) is 0 Å². The van der Waals surface area contributed by atoms with Crippen molar-refractivity contribution in [1.29, 1.82) is 0 Å². The number of aromatic nitrogens is 2. The molecule has 0 amide bonds. The number of piperidine rings is 1. The van der Waals surface area contributed by atoms with Crippen LogP contribution in [0.1, 0.15) is 18.4 Å². The van der Waals surface area contributed by atoms with Crippen molar-refractivity contribution in [3.05, 3.63) is 90.8 Å². The fourth-order valence-electron chi connectivity index (χ4n) is 5.50. The monoisotopic (exact) mass is 620 g/mol. The first-order valence-electron chi connectivity index (χ1n) is 15.3. The van der Waals surface area contributed by atoms with Crippen molar-refractivity contribution < 1.29 is 28.5 Å². The molecular weight excluding hydrogens is 584 g/mol. The van der Waals surface area contributed by atoms with Gasteiger partial charge in [-0.1, -0.05) is 18.2 Å². The van der Waals surface area contributed by atoms with Crippen LogP contribution < -0.4 is 24.3 Å². The molecule has 1 fully saturated rings. The summed E-state index contributed by atoms with van der Waals surface area (Å²) >= 11 is 0. The second kappa shape index (κ2) is 14.3. The molecule has 10 nitrogen and oxygen atoms in total. The van der Waals surface area contributed by atoms with E-state index in [4.69, 9.17) is 18.9 Å². The van der Waals surface area contributed by atoms with Crippen molar-refractivity contribution in [2.75, 3.05) is 52.4 Å². The highest BCUT2D eigenvalue weighted by atomic mass is 16.5. The quantitative estimate of drug-likeness (QED) is 0.158. The minimum atomic E-state index is -0.284. The van der Waals surface area contributed by atoms with Gasteiger partial charge in [-0.3, -0.25) is 9.59 Å². The molecule has 1 saturated heterocycles. The maximum absolute atomic E-state index is 12.9. The highest BCUT2D eigenvalue weighted by molar-refractivity contribution is 6.34. The number of nitrogens with one attached hydrogen (secondary N) is 1. The summed E-state index contributed by atoms with van der Waals surface area (Å²) in [6, 6.07) is 18.5. The lowest BCUT2D eigenvalue weighted by atomic mass is 9.94. The standard InChI is InChI=1S/C36H36N4O6/c1-40-14-12-24(13-15-40)22-46-35-21-32-30(20-34(35)43-2)36(38-23-37-32)39-31-10-9-27(45-17-16-44-26-6-4-3-5-7-26)19-28(31)29-18-25(41)8-11-33(29)42/h3-11,18-21,23-24H,12-17,22H2,1-2H3,(H,37,38,39). The van der Waals surface area contributed by atoms with E-state index in [0.717, 1.165) is 31.7 Å². The molecule has 0 radical (unpaired) electrons. The van der Waals surface area contributed by atoms with E-state index in [0.29, 0.717) is 64.4 Å². The number of para-hydroxylation sites is 1. The van der Waals surface area contributed by atoms with Gasteiger partial charge in [0.1, 0.15) is 36.9 Å². The van der Waals surface area contributed by atoms with Gasteiger partial charge < -0.3 is 29.2 Å². The molecule has 0 saturated carbocycles. The largest absolute Gasteiger partial charge is 0.493 e. The number of allylic oxidation sites excluding steroid dienone is 4. The van der Waals surface area contributed by atoms with Crippen LogP contribution >= 0.6 is 0 Å². The predicted octanol–water partition coefficient (Wildman–Crippen LogP) is 5.65. The number of benzene rings is 3. The Morgan fingerprint density at radius 2 is 1.65 bits per heavy atom. The Bertz CT molecular complexity index is 1780. The molecular formula is C36H36N4O6. The lowest BCUT2D eigenvalue weighted by Crippen LogP contribution is -2.32. The van der Waals surface area contributed by atoms with Crippen molar-refractivity contribution in [1.82, 2.24) is 14.9 Å². The van der Waals surface area contributed by atoms with E-state index in [9.17, 15) is 9.59 Å². The number of carbonyl (C=O) groups is 2. The van der Waals surface area contributed by atoms with Gasteiger partial charge in [0.25, 0.3) is 0 Å². The third kappa shape index (κ3) is 7.35. The molecule has 1 aliphatic carbocycles. The number of methoxy groups -OCH3 is 1. The van der Waals surface area contributed by atoms with Crippen LogP contribution in [0.2, 0.25) is 0 Å². The van der Waals surface area contributed by atoms with Gasteiger partial charge in [0.05, 0.1) is 19.2 Å². The SMILES string of the molecule is COc1cc2c(Nc3ccc(OCCOc4ccccc4)cc3C3=CC(=O)C=CC3=O)ncnc2cc1OCC1CCN(C)CC1. The predicted molar refractivity (Wildman–Crippen MR) is 176 cm³/mol. The van der Waals surface area contributed by atoms with E-state index in [1.54, 1.807) is 25.3 Å². The van der Waals surface area contributed by atoms with Crippen molar-refractivity contribution >= 4 is 39.5 Å². The fourth-order valence-corrected chi connectivity index (χ4v) is 5.50. The number of ketones is 2. The van der Waals surface area contributed by atoms with Gasteiger partial charge in [-0.2, -0.15) is 0 Å². The minimum absolute atomic E-state index is 0.251. The molecule has 0 spiro atoms. The van der Waals surface area contributed by atoms with Crippen LogP contribution in [0.4, 0.5) is 11.5 Å². The Balaban J connectivity index is 1.25. The van der Waals surface area contributed by atoms with E-state index in [1.165, 1.54) is 24.6 Å². The van der Waals surface area contributed by atoms with Crippen LogP contribution in [0.3, 0.4) is 0 Å². The number of carbonyl (C=O) groups excluding carboxylic acids is 2. The summed E-state index contributed by atoms with van der Waals surface area (Å²) in [7, 11) is 3.75. The summed E-state index contributed by atoms with van der Waals surface area (Å²) in [5.74, 6) is 2.90. The fraction of sp³-hybridized carbons (Fsp3) is 0.278. The molecule has 1 aromatic heterocycles. The van der Waals surface area contributed by atoms with Crippen LogP contribution in [-0.2, 0) is 9.59 Å². The molecule has 46 heavy (non-hydrogen) atoms.